The molecule has 104 valence electrons. The Morgan fingerprint density at radius 1 is 1.37 bits per heavy atom. The summed E-state index contributed by atoms with van der Waals surface area (Å²) in [4.78, 5) is 9.05. The van der Waals surface area contributed by atoms with Crippen LogP contribution in [-0.4, -0.2) is 53.5 Å². The number of hydrogen-bond acceptors (Lipinski definition) is 6. The molecule has 3 aliphatic rings. The van der Waals surface area contributed by atoms with Crippen LogP contribution in [0.3, 0.4) is 0 Å². The van der Waals surface area contributed by atoms with Gasteiger partial charge < -0.3 is 5.73 Å². The fraction of sp³-hybridized carbons (Fsp3) is 0.583. The van der Waals surface area contributed by atoms with Crippen LogP contribution in [-0.2, 0) is 0 Å². The third-order valence-electron chi connectivity index (χ3n) is 4.14. The highest BCUT2D eigenvalue weighted by atomic mass is 35.5. The smallest absolute Gasteiger partial charge is 0.128 e. The van der Waals surface area contributed by atoms with Crippen LogP contribution in [0.5, 0.6) is 0 Å². The number of nitrogens with two attached hydrogens (primary N) is 2. The molecule has 2 bridgehead atoms. The van der Waals surface area contributed by atoms with E-state index in [-0.39, 0.29) is 6.04 Å². The molecular formula is C12H19ClN6. The number of halogens is 1. The molecular weight excluding hydrogens is 264 g/mol. The van der Waals surface area contributed by atoms with Gasteiger partial charge >= 0.3 is 0 Å². The van der Waals surface area contributed by atoms with Gasteiger partial charge in [0.1, 0.15) is 5.82 Å². The quantitative estimate of drug-likeness (QED) is 0.527. The predicted molar refractivity (Wildman–Crippen MR) is 75.5 cm³/mol. The number of anilines is 1. The summed E-state index contributed by atoms with van der Waals surface area (Å²) in [5.74, 6) is 6.26. The summed E-state index contributed by atoms with van der Waals surface area (Å²) in [5, 5.41) is 0.584. The highest BCUT2D eigenvalue weighted by Crippen LogP contribution is 2.30. The Morgan fingerprint density at radius 2 is 2.11 bits per heavy atom. The number of nitrogens with one attached hydrogen (secondary N) is 1. The molecule has 1 aromatic heterocycles. The van der Waals surface area contributed by atoms with Crippen molar-refractivity contribution in [1.29, 1.82) is 0 Å². The van der Waals surface area contributed by atoms with Gasteiger partial charge in [0.15, 0.2) is 0 Å². The Morgan fingerprint density at radius 3 is 2.68 bits per heavy atom. The Kier molecular flexibility index (Phi) is 3.60. The fourth-order valence-electron chi connectivity index (χ4n) is 3.10. The minimum Gasteiger partial charge on any atom is -0.383 e. The van der Waals surface area contributed by atoms with E-state index in [0.29, 0.717) is 16.9 Å². The molecule has 0 saturated carbocycles. The van der Waals surface area contributed by atoms with Gasteiger partial charge in [0.25, 0.3) is 0 Å². The zero-order chi connectivity index (χ0) is 13.4. The molecule has 4 heterocycles. The average molecular weight is 283 g/mol. The largest absolute Gasteiger partial charge is 0.383 e. The lowest BCUT2D eigenvalue weighted by Crippen LogP contribution is -2.64. The molecule has 1 aromatic rings. The molecule has 0 spiro atoms. The second-order valence-electron chi connectivity index (χ2n) is 5.18. The third kappa shape index (κ3) is 2.42. The maximum atomic E-state index is 6.03. The van der Waals surface area contributed by atoms with Crippen molar-refractivity contribution in [2.24, 2.45) is 5.84 Å². The van der Waals surface area contributed by atoms with Crippen molar-refractivity contribution >= 4 is 17.4 Å². The minimum atomic E-state index is -0.0469. The van der Waals surface area contributed by atoms with Crippen molar-refractivity contribution in [1.82, 2.24) is 20.2 Å². The molecule has 6 nitrogen and oxygen atoms in total. The topological polar surface area (TPSA) is 83.4 Å². The molecule has 0 aliphatic carbocycles. The van der Waals surface area contributed by atoms with E-state index in [9.17, 15) is 0 Å². The summed E-state index contributed by atoms with van der Waals surface area (Å²) in [6.45, 7) is 5.43. The van der Waals surface area contributed by atoms with Crippen molar-refractivity contribution in [3.63, 3.8) is 0 Å². The second-order valence-corrected chi connectivity index (χ2v) is 5.61. The van der Waals surface area contributed by atoms with E-state index in [4.69, 9.17) is 23.2 Å². The summed E-state index contributed by atoms with van der Waals surface area (Å²) >= 11 is 6.03. The van der Waals surface area contributed by atoms with E-state index in [1.807, 2.05) is 6.07 Å². The molecule has 3 aliphatic heterocycles. The Labute approximate surface area is 117 Å². The fourth-order valence-corrected chi connectivity index (χ4v) is 3.26. The van der Waals surface area contributed by atoms with Gasteiger partial charge in [-0.15, -0.1) is 0 Å². The van der Waals surface area contributed by atoms with Gasteiger partial charge in [-0.3, -0.25) is 21.1 Å². The number of hydrogen-bond donors (Lipinski definition) is 3. The Balaban J connectivity index is 1.90. The molecule has 0 amide bonds. The maximum absolute atomic E-state index is 6.03. The maximum Gasteiger partial charge on any atom is 0.128 e. The molecule has 0 radical (unpaired) electrons. The van der Waals surface area contributed by atoms with Gasteiger partial charge in [-0.2, -0.15) is 0 Å². The third-order valence-corrected chi connectivity index (χ3v) is 4.34. The first-order chi connectivity index (χ1) is 9.19. The van der Waals surface area contributed by atoms with Crippen LogP contribution < -0.4 is 17.0 Å². The summed E-state index contributed by atoms with van der Waals surface area (Å²) in [6, 6.07) is 2.12. The molecule has 4 rings (SSSR count). The number of pyridine rings is 1. The van der Waals surface area contributed by atoms with E-state index in [2.05, 4.69) is 20.2 Å². The first-order valence-electron chi connectivity index (χ1n) is 6.52. The Bertz CT molecular complexity index is 460. The van der Waals surface area contributed by atoms with Crippen molar-refractivity contribution < 1.29 is 0 Å². The van der Waals surface area contributed by atoms with Gasteiger partial charge in [-0.05, 0) is 6.07 Å². The SMILES string of the molecule is NNC(c1cc(Cl)cnc1N)C1CN2CCN1CC2. The number of nitrogens with zero attached hydrogens (tertiary/aromatic N) is 3. The van der Waals surface area contributed by atoms with Crippen LogP contribution >= 0.6 is 11.6 Å². The predicted octanol–water partition coefficient (Wildman–Crippen LogP) is -0.179. The molecule has 3 fully saturated rings. The molecule has 19 heavy (non-hydrogen) atoms. The number of nitrogen functional groups attached to an aromatic ring is 1. The van der Waals surface area contributed by atoms with Gasteiger partial charge in [0.2, 0.25) is 0 Å². The zero-order valence-electron chi connectivity index (χ0n) is 10.7. The molecule has 5 N–H and O–H groups in total. The van der Waals surface area contributed by atoms with Gasteiger partial charge in [-0.25, -0.2) is 4.98 Å². The average Bonchev–Trinajstić information content (AvgIpc) is 2.45. The number of piperazine rings is 3. The molecule has 2 unspecified atom stereocenters. The van der Waals surface area contributed by atoms with E-state index in [0.717, 1.165) is 38.3 Å². The summed E-state index contributed by atoms with van der Waals surface area (Å²) in [6.07, 6.45) is 1.56. The number of hydrazine groups is 1. The minimum absolute atomic E-state index is 0.0469. The molecule has 2 atom stereocenters. The van der Waals surface area contributed by atoms with Crippen LogP contribution in [0.15, 0.2) is 12.3 Å². The van der Waals surface area contributed by atoms with Gasteiger partial charge in [0.05, 0.1) is 11.1 Å². The van der Waals surface area contributed by atoms with Gasteiger partial charge in [0, 0.05) is 50.5 Å². The van der Waals surface area contributed by atoms with E-state index < -0.39 is 0 Å². The molecule has 0 aromatic carbocycles. The summed E-state index contributed by atoms with van der Waals surface area (Å²) in [7, 11) is 0. The number of aromatic nitrogens is 1. The van der Waals surface area contributed by atoms with Crippen molar-refractivity contribution in [3.8, 4) is 0 Å². The summed E-state index contributed by atoms with van der Waals surface area (Å²) in [5.41, 5.74) is 9.75. The highest BCUT2D eigenvalue weighted by Gasteiger charge is 2.37. The van der Waals surface area contributed by atoms with Crippen LogP contribution in [0.25, 0.3) is 0 Å². The lowest BCUT2D eigenvalue weighted by atomic mass is 9.95. The lowest BCUT2D eigenvalue weighted by Gasteiger charge is -2.50. The standard InChI is InChI=1S/C12H19ClN6/c13-8-5-9(12(14)16-6-8)11(17-15)10-7-18-1-3-19(10)4-2-18/h5-6,10-11,17H,1-4,7,15H2,(H2,14,16). The second kappa shape index (κ2) is 5.22. The van der Waals surface area contributed by atoms with Crippen LogP contribution in [0.4, 0.5) is 5.82 Å². The molecule has 3 saturated heterocycles. The van der Waals surface area contributed by atoms with Crippen molar-refractivity contribution in [3.05, 3.63) is 22.8 Å². The Hall–Kier alpha value is -0.920. The first-order valence-corrected chi connectivity index (χ1v) is 6.90. The van der Waals surface area contributed by atoms with Crippen molar-refractivity contribution in [2.75, 3.05) is 38.5 Å². The number of rotatable bonds is 3. The van der Waals surface area contributed by atoms with Crippen LogP contribution in [0.1, 0.15) is 11.6 Å². The van der Waals surface area contributed by atoms with E-state index in [1.165, 1.54) is 0 Å². The van der Waals surface area contributed by atoms with Crippen LogP contribution in [0, 0.1) is 0 Å². The summed E-state index contributed by atoms with van der Waals surface area (Å²) < 4.78 is 0. The molecule has 7 heteroatoms. The number of fused-ring (bicyclic) bond motifs is 3. The highest BCUT2D eigenvalue weighted by molar-refractivity contribution is 6.30. The van der Waals surface area contributed by atoms with Crippen molar-refractivity contribution in [2.45, 2.75) is 12.1 Å². The normalized spacial score (nSPS) is 31.4. The lowest BCUT2D eigenvalue weighted by molar-refractivity contribution is -0.00362. The van der Waals surface area contributed by atoms with E-state index in [1.54, 1.807) is 6.20 Å². The van der Waals surface area contributed by atoms with Crippen LogP contribution in [0.2, 0.25) is 5.02 Å². The van der Waals surface area contributed by atoms with Gasteiger partial charge in [-0.1, -0.05) is 11.6 Å². The monoisotopic (exact) mass is 282 g/mol. The zero-order valence-corrected chi connectivity index (χ0v) is 11.5. The first kappa shape index (κ1) is 13.1. The van der Waals surface area contributed by atoms with E-state index >= 15 is 0 Å².